The fourth-order valence-corrected chi connectivity index (χ4v) is 9.26. The molecule has 257 valence electrons. The minimum Gasteiger partial charge on any atom is -0.305 e. The summed E-state index contributed by atoms with van der Waals surface area (Å²) in [7, 11) is -2.54. The minimum atomic E-state index is -1.41. The van der Waals surface area contributed by atoms with E-state index in [1.54, 1.807) is 23.6 Å². The van der Waals surface area contributed by atoms with Crippen molar-refractivity contribution in [1.82, 2.24) is 9.97 Å². The van der Waals surface area contributed by atoms with Crippen molar-refractivity contribution in [3.63, 3.8) is 0 Å². The fraction of sp³-hybridized carbons (Fsp3) is 0.227. The second-order valence-corrected chi connectivity index (χ2v) is 26.1. The molecule has 0 bridgehead atoms. The maximum atomic E-state index is 8.52. The molecule has 7 rings (SSSR count). The molecule has 3 aromatic heterocycles. The summed E-state index contributed by atoms with van der Waals surface area (Å²) in [5.41, 5.74) is 6.89. The maximum Gasteiger partial charge on any atom is 0.0795 e. The van der Waals surface area contributed by atoms with Crippen LogP contribution >= 0.6 is 11.3 Å². The Bertz CT molecular complexity index is 2270. The molecular weight excluding hydrogens is 837 g/mol. The summed E-state index contributed by atoms with van der Waals surface area (Å²) in [4.78, 5) is 9.13. The molecule has 0 unspecified atom stereocenters. The molecule has 0 aliphatic rings. The zero-order chi connectivity index (χ0) is 36.6. The molecule has 0 saturated carbocycles. The Hall–Kier alpha value is -3.52. The summed E-state index contributed by atoms with van der Waals surface area (Å²) in [6.07, 6.45) is 2.32. The molecule has 0 spiro atoms. The number of rotatable bonds is 7. The molecule has 0 fully saturated rings. The van der Waals surface area contributed by atoms with Gasteiger partial charge in [0.2, 0.25) is 0 Å². The Morgan fingerprint density at radius 3 is 2.06 bits per heavy atom. The van der Waals surface area contributed by atoms with Crippen molar-refractivity contribution in [1.29, 1.82) is 0 Å². The molecule has 0 aliphatic heterocycles. The van der Waals surface area contributed by atoms with E-state index < -0.39 is 22.5 Å². The molecule has 2 nitrogen and oxygen atoms in total. The number of aromatic nitrogens is 2. The summed E-state index contributed by atoms with van der Waals surface area (Å²) in [6, 6.07) is 42.4. The van der Waals surface area contributed by atoms with Gasteiger partial charge in [-0.2, -0.15) is 11.3 Å². The van der Waals surface area contributed by atoms with Gasteiger partial charge in [0.1, 0.15) is 0 Å². The number of thiophene rings is 1. The molecule has 0 atom stereocenters. The van der Waals surface area contributed by atoms with Crippen LogP contribution in [-0.2, 0) is 26.5 Å². The van der Waals surface area contributed by atoms with Crippen molar-refractivity contribution in [3.05, 3.63) is 133 Å². The summed E-state index contributed by atoms with van der Waals surface area (Å²) in [5, 5.41) is 5.29. The van der Waals surface area contributed by atoms with Crippen molar-refractivity contribution >= 4 is 58.0 Å². The Balaban J connectivity index is 0.000000258. The fourth-order valence-electron chi connectivity index (χ4n) is 5.81. The van der Waals surface area contributed by atoms with Gasteiger partial charge in [-0.1, -0.05) is 124 Å². The number of hydrogen-bond donors (Lipinski definition) is 0. The van der Waals surface area contributed by atoms with Crippen LogP contribution in [0.3, 0.4) is 0 Å². The number of fused-ring (bicyclic) bond motifs is 3. The molecule has 7 aromatic rings. The second kappa shape index (κ2) is 15.8. The van der Waals surface area contributed by atoms with E-state index >= 15 is 0 Å². The minimum absolute atomic E-state index is 0. The average molecular weight is 885 g/mol. The van der Waals surface area contributed by atoms with Crippen LogP contribution in [0, 0.1) is 18.1 Å². The van der Waals surface area contributed by atoms with Crippen LogP contribution in [0.15, 0.2) is 116 Å². The summed E-state index contributed by atoms with van der Waals surface area (Å²) in [6.45, 7) is 17.9. The first-order valence-electron chi connectivity index (χ1n) is 18.0. The van der Waals surface area contributed by atoms with E-state index in [2.05, 4.69) is 122 Å². The Morgan fingerprint density at radius 1 is 0.700 bits per heavy atom. The van der Waals surface area contributed by atoms with E-state index in [1.165, 1.54) is 37.0 Å². The predicted molar refractivity (Wildman–Crippen MR) is 220 cm³/mol. The third-order valence-corrected chi connectivity index (χ3v) is 13.9. The van der Waals surface area contributed by atoms with Gasteiger partial charge in [-0.25, -0.2) is 0 Å². The zero-order valence-corrected chi connectivity index (χ0v) is 35.4. The van der Waals surface area contributed by atoms with Crippen molar-refractivity contribution in [2.75, 3.05) is 0 Å². The van der Waals surface area contributed by atoms with Crippen LogP contribution in [0.5, 0.6) is 0 Å². The standard InChI is InChI=1S/C30H30NSSi.C14H16NSi.Ir/c1-20(2)17-21-15-16-31-28(18-21)27-8-6-7-26-25-14-11-23(19-29(25)32-30(26)27)22-9-12-24(13-10-22)33(3,4)5;1-16(2,3)13-9-10-14(15-11-13)12-7-5-4-6-8-12;/h6-7,9-16,18-20H,17H2,1-5H3;4-7,9-11H,1-3H3;/q2*-1;/i17D2;;. The Kier molecular flexibility index (Phi) is 11.0. The van der Waals surface area contributed by atoms with Gasteiger partial charge in [-0.15, -0.1) is 59.7 Å². The van der Waals surface area contributed by atoms with Crippen molar-refractivity contribution in [3.8, 4) is 33.6 Å². The van der Waals surface area contributed by atoms with E-state index in [9.17, 15) is 0 Å². The van der Waals surface area contributed by atoms with Gasteiger partial charge in [-0.3, -0.25) is 0 Å². The summed E-state index contributed by atoms with van der Waals surface area (Å²) in [5.74, 6) is -0.125. The van der Waals surface area contributed by atoms with E-state index in [0.717, 1.165) is 27.2 Å². The largest absolute Gasteiger partial charge is 0.305 e. The third-order valence-electron chi connectivity index (χ3n) is 8.60. The number of benzene rings is 4. The van der Waals surface area contributed by atoms with Gasteiger partial charge in [0.25, 0.3) is 0 Å². The van der Waals surface area contributed by atoms with Gasteiger partial charge in [0.15, 0.2) is 0 Å². The topological polar surface area (TPSA) is 25.8 Å². The number of hydrogen-bond acceptors (Lipinski definition) is 3. The van der Waals surface area contributed by atoms with E-state index in [-0.39, 0.29) is 26.0 Å². The molecule has 0 amide bonds. The first-order valence-corrected chi connectivity index (χ1v) is 24.8. The van der Waals surface area contributed by atoms with Crippen LogP contribution in [0.25, 0.3) is 53.8 Å². The van der Waals surface area contributed by atoms with Gasteiger partial charge >= 0.3 is 0 Å². The molecule has 4 aromatic carbocycles. The van der Waals surface area contributed by atoms with Crippen LogP contribution in [-0.4, -0.2) is 26.1 Å². The molecule has 3 heterocycles. The summed E-state index contributed by atoms with van der Waals surface area (Å²) >= 11 is 1.76. The van der Waals surface area contributed by atoms with Crippen molar-refractivity contribution in [2.45, 2.75) is 59.5 Å². The molecule has 6 heteroatoms. The molecule has 0 N–H and O–H groups in total. The van der Waals surface area contributed by atoms with Crippen LogP contribution in [0.1, 0.15) is 22.2 Å². The smallest absolute Gasteiger partial charge is 0.0795 e. The maximum absolute atomic E-state index is 8.52. The first kappa shape index (κ1) is 34.9. The van der Waals surface area contributed by atoms with Crippen molar-refractivity contribution in [2.24, 2.45) is 5.92 Å². The Morgan fingerprint density at radius 2 is 1.42 bits per heavy atom. The average Bonchev–Trinajstić information content (AvgIpc) is 3.50. The summed E-state index contributed by atoms with van der Waals surface area (Å²) < 4.78 is 19.4. The van der Waals surface area contributed by atoms with Crippen LogP contribution in [0.2, 0.25) is 39.3 Å². The Labute approximate surface area is 321 Å². The van der Waals surface area contributed by atoms with E-state index in [0.29, 0.717) is 5.56 Å². The third kappa shape index (κ3) is 8.85. The van der Waals surface area contributed by atoms with Crippen molar-refractivity contribution < 1.29 is 22.8 Å². The normalized spacial score (nSPS) is 12.6. The molecule has 0 aliphatic carbocycles. The molecule has 0 saturated heterocycles. The SMILES string of the molecule is C[Si](C)(C)c1ccc(-c2[c-]cccc2)nc1.[2H]C([2H])(c1ccnc(-c2[c-]ccc3c2sc2cc(-c4ccc([Si](C)(C)C)cc4)ccc23)c1)C(C)C.[Ir]. The molecular formula is C44H46IrN2SSi2-2. The van der Waals surface area contributed by atoms with Gasteiger partial charge in [0.05, 0.1) is 16.1 Å². The number of nitrogens with zero attached hydrogens (tertiary/aromatic N) is 2. The van der Waals surface area contributed by atoms with Gasteiger partial charge in [-0.05, 0) is 62.2 Å². The number of pyridine rings is 2. The first-order chi connectivity index (χ1) is 24.1. The molecule has 1 radical (unpaired) electrons. The van der Waals surface area contributed by atoms with Gasteiger partial charge < -0.3 is 9.97 Å². The van der Waals surface area contributed by atoms with E-state index in [1.807, 2.05) is 56.4 Å². The van der Waals surface area contributed by atoms with Gasteiger partial charge in [0, 0.05) is 39.9 Å². The second-order valence-electron chi connectivity index (χ2n) is 14.9. The predicted octanol–water partition coefficient (Wildman–Crippen LogP) is 11.4. The molecule has 50 heavy (non-hydrogen) atoms. The monoisotopic (exact) mass is 885 g/mol. The zero-order valence-electron chi connectivity index (χ0n) is 32.2. The quantitative estimate of drug-likeness (QED) is 0.118. The van der Waals surface area contributed by atoms with Crippen LogP contribution in [0.4, 0.5) is 0 Å². The van der Waals surface area contributed by atoms with Crippen LogP contribution < -0.4 is 10.4 Å². The van der Waals surface area contributed by atoms with E-state index in [4.69, 9.17) is 2.74 Å².